The largest absolute Gasteiger partial charge is 0.300 e. The SMILES string of the molecule is Cc1ncsc1CN(C)CC1C(=O)CC(C)CC1C. The predicted molar refractivity (Wildman–Crippen MR) is 79.2 cm³/mol. The van der Waals surface area contributed by atoms with E-state index < -0.39 is 0 Å². The maximum absolute atomic E-state index is 12.2. The molecule has 1 aromatic rings. The molecule has 1 fully saturated rings. The smallest absolute Gasteiger partial charge is 0.137 e. The fourth-order valence-electron chi connectivity index (χ4n) is 3.10. The first-order valence-electron chi connectivity index (χ1n) is 7.07. The average Bonchev–Trinajstić information content (AvgIpc) is 2.69. The molecule has 2 rings (SSSR count). The molecule has 0 aromatic carbocycles. The van der Waals surface area contributed by atoms with E-state index in [1.165, 1.54) is 11.3 Å². The Balaban J connectivity index is 1.93. The van der Waals surface area contributed by atoms with Gasteiger partial charge in [0.05, 0.1) is 11.2 Å². The van der Waals surface area contributed by atoms with E-state index in [0.717, 1.165) is 25.2 Å². The third kappa shape index (κ3) is 3.63. The normalized spacial score (nSPS) is 28.1. The summed E-state index contributed by atoms with van der Waals surface area (Å²) < 4.78 is 0. The Kier molecular flexibility index (Phi) is 4.74. The quantitative estimate of drug-likeness (QED) is 0.849. The van der Waals surface area contributed by atoms with Crippen LogP contribution in [0.3, 0.4) is 0 Å². The molecule has 3 nitrogen and oxygen atoms in total. The molecular formula is C15H24N2OS. The molecule has 0 bridgehead atoms. The summed E-state index contributed by atoms with van der Waals surface area (Å²) in [5.41, 5.74) is 3.02. The second kappa shape index (κ2) is 6.14. The number of Topliss-reactive ketones (excluding diaryl/α,β-unsaturated/α-hetero) is 1. The van der Waals surface area contributed by atoms with Crippen molar-refractivity contribution in [2.45, 2.75) is 40.2 Å². The molecule has 1 aliphatic rings. The number of hydrogen-bond donors (Lipinski definition) is 0. The molecule has 0 amide bonds. The minimum Gasteiger partial charge on any atom is -0.300 e. The van der Waals surface area contributed by atoms with Gasteiger partial charge in [0.25, 0.3) is 0 Å². The molecule has 3 atom stereocenters. The van der Waals surface area contributed by atoms with Crippen LogP contribution in [0.25, 0.3) is 0 Å². The second-order valence-corrected chi connectivity index (χ2v) is 7.09. The Bertz CT molecular complexity index is 443. The fourth-order valence-corrected chi connectivity index (χ4v) is 3.96. The number of carbonyl (C=O) groups excluding carboxylic acids is 1. The van der Waals surface area contributed by atoms with E-state index in [2.05, 4.69) is 37.7 Å². The molecule has 1 saturated carbocycles. The van der Waals surface area contributed by atoms with Gasteiger partial charge in [-0.05, 0) is 32.2 Å². The third-order valence-corrected chi connectivity index (χ3v) is 5.11. The van der Waals surface area contributed by atoms with Gasteiger partial charge in [0.2, 0.25) is 0 Å². The topological polar surface area (TPSA) is 33.2 Å². The molecule has 1 aromatic heterocycles. The van der Waals surface area contributed by atoms with Crippen molar-refractivity contribution >= 4 is 17.1 Å². The van der Waals surface area contributed by atoms with Crippen molar-refractivity contribution in [3.8, 4) is 0 Å². The summed E-state index contributed by atoms with van der Waals surface area (Å²) in [6.45, 7) is 8.25. The van der Waals surface area contributed by atoms with Crippen molar-refractivity contribution in [3.63, 3.8) is 0 Å². The minimum atomic E-state index is 0.217. The summed E-state index contributed by atoms with van der Waals surface area (Å²) in [5, 5.41) is 0. The van der Waals surface area contributed by atoms with E-state index in [-0.39, 0.29) is 5.92 Å². The van der Waals surface area contributed by atoms with Crippen LogP contribution in [0.4, 0.5) is 0 Å². The standard InChI is InChI=1S/C15H24N2OS/c1-10-5-11(2)13(14(18)6-10)7-17(4)8-15-12(3)16-9-19-15/h9-11,13H,5-8H2,1-4H3. The number of aryl methyl sites for hydroxylation is 1. The summed E-state index contributed by atoms with van der Waals surface area (Å²) in [6, 6.07) is 0. The van der Waals surface area contributed by atoms with Crippen LogP contribution in [0.15, 0.2) is 5.51 Å². The predicted octanol–water partition coefficient (Wildman–Crippen LogP) is 3.13. The van der Waals surface area contributed by atoms with Gasteiger partial charge in [-0.25, -0.2) is 4.98 Å². The van der Waals surface area contributed by atoms with Gasteiger partial charge in [0, 0.05) is 30.3 Å². The first-order valence-corrected chi connectivity index (χ1v) is 7.95. The van der Waals surface area contributed by atoms with Crippen LogP contribution >= 0.6 is 11.3 Å². The van der Waals surface area contributed by atoms with E-state index in [9.17, 15) is 4.79 Å². The Labute approximate surface area is 120 Å². The van der Waals surface area contributed by atoms with E-state index in [1.54, 1.807) is 11.3 Å². The number of thiazole rings is 1. The molecule has 19 heavy (non-hydrogen) atoms. The highest BCUT2D eigenvalue weighted by Crippen LogP contribution is 2.31. The Morgan fingerprint density at radius 2 is 2.21 bits per heavy atom. The highest BCUT2D eigenvalue weighted by molar-refractivity contribution is 7.09. The van der Waals surface area contributed by atoms with Gasteiger partial charge in [-0.1, -0.05) is 13.8 Å². The van der Waals surface area contributed by atoms with Crippen LogP contribution in [-0.2, 0) is 11.3 Å². The third-order valence-electron chi connectivity index (χ3n) is 4.19. The molecular weight excluding hydrogens is 256 g/mol. The Morgan fingerprint density at radius 3 is 2.79 bits per heavy atom. The van der Waals surface area contributed by atoms with Crippen molar-refractivity contribution in [1.29, 1.82) is 0 Å². The van der Waals surface area contributed by atoms with Crippen molar-refractivity contribution in [1.82, 2.24) is 9.88 Å². The molecule has 0 spiro atoms. The molecule has 106 valence electrons. The summed E-state index contributed by atoms with van der Waals surface area (Å²) in [7, 11) is 2.11. The molecule has 3 unspecified atom stereocenters. The van der Waals surface area contributed by atoms with Gasteiger partial charge >= 0.3 is 0 Å². The lowest BCUT2D eigenvalue weighted by Crippen LogP contribution is -2.38. The van der Waals surface area contributed by atoms with Gasteiger partial charge in [0.1, 0.15) is 5.78 Å². The highest BCUT2D eigenvalue weighted by atomic mass is 32.1. The van der Waals surface area contributed by atoms with Crippen LogP contribution in [0.1, 0.15) is 37.3 Å². The first-order chi connectivity index (χ1) is 8.97. The van der Waals surface area contributed by atoms with E-state index in [4.69, 9.17) is 0 Å². The zero-order valence-electron chi connectivity index (χ0n) is 12.3. The van der Waals surface area contributed by atoms with Crippen LogP contribution in [-0.4, -0.2) is 29.3 Å². The molecule has 0 saturated heterocycles. The number of aromatic nitrogens is 1. The Hall–Kier alpha value is -0.740. The lowest BCUT2D eigenvalue weighted by atomic mass is 9.74. The van der Waals surface area contributed by atoms with Crippen molar-refractivity contribution in [2.75, 3.05) is 13.6 Å². The van der Waals surface area contributed by atoms with E-state index in [0.29, 0.717) is 17.6 Å². The maximum atomic E-state index is 12.2. The molecule has 1 heterocycles. The lowest BCUT2D eigenvalue weighted by Gasteiger charge is -2.33. The molecule has 4 heteroatoms. The highest BCUT2D eigenvalue weighted by Gasteiger charge is 2.32. The van der Waals surface area contributed by atoms with Crippen LogP contribution in [0, 0.1) is 24.7 Å². The summed E-state index contributed by atoms with van der Waals surface area (Å²) in [5.74, 6) is 1.75. The lowest BCUT2D eigenvalue weighted by molar-refractivity contribution is -0.128. The van der Waals surface area contributed by atoms with Gasteiger partial charge in [-0.3, -0.25) is 4.79 Å². The van der Waals surface area contributed by atoms with Crippen LogP contribution < -0.4 is 0 Å². The van der Waals surface area contributed by atoms with Crippen LogP contribution in [0.5, 0.6) is 0 Å². The van der Waals surface area contributed by atoms with Crippen molar-refractivity contribution in [3.05, 3.63) is 16.1 Å². The zero-order chi connectivity index (χ0) is 14.0. The number of ketones is 1. The second-order valence-electron chi connectivity index (χ2n) is 6.15. The van der Waals surface area contributed by atoms with E-state index >= 15 is 0 Å². The number of carbonyl (C=O) groups is 1. The first kappa shape index (κ1) is 14.7. The maximum Gasteiger partial charge on any atom is 0.137 e. The number of hydrogen-bond acceptors (Lipinski definition) is 4. The molecule has 1 aliphatic carbocycles. The monoisotopic (exact) mass is 280 g/mol. The molecule has 0 radical (unpaired) electrons. The summed E-state index contributed by atoms with van der Waals surface area (Å²) in [4.78, 5) is 20.1. The number of nitrogens with zero attached hydrogens (tertiary/aromatic N) is 2. The van der Waals surface area contributed by atoms with Gasteiger partial charge in [-0.2, -0.15) is 0 Å². The van der Waals surface area contributed by atoms with Crippen LogP contribution in [0.2, 0.25) is 0 Å². The van der Waals surface area contributed by atoms with E-state index in [1.807, 2.05) is 5.51 Å². The zero-order valence-corrected chi connectivity index (χ0v) is 13.2. The average molecular weight is 280 g/mol. The van der Waals surface area contributed by atoms with Gasteiger partial charge < -0.3 is 4.90 Å². The minimum absolute atomic E-state index is 0.217. The van der Waals surface area contributed by atoms with Gasteiger partial charge in [-0.15, -0.1) is 11.3 Å². The fraction of sp³-hybridized carbons (Fsp3) is 0.733. The number of rotatable bonds is 4. The van der Waals surface area contributed by atoms with Crippen molar-refractivity contribution in [2.24, 2.45) is 17.8 Å². The summed E-state index contributed by atoms with van der Waals surface area (Å²) >= 11 is 1.70. The Morgan fingerprint density at radius 1 is 1.47 bits per heavy atom. The van der Waals surface area contributed by atoms with Crippen molar-refractivity contribution < 1.29 is 4.79 Å². The van der Waals surface area contributed by atoms with Gasteiger partial charge in [0.15, 0.2) is 0 Å². The molecule has 0 N–H and O–H groups in total. The molecule has 0 aliphatic heterocycles. The summed E-state index contributed by atoms with van der Waals surface area (Å²) in [6.07, 6.45) is 1.95.